The molecule has 0 fully saturated rings. The van der Waals surface area contributed by atoms with Gasteiger partial charge in [0.05, 0.1) is 0 Å². The van der Waals surface area contributed by atoms with Crippen LogP contribution < -0.4 is 0 Å². The van der Waals surface area contributed by atoms with Crippen LogP contribution in [0.2, 0.25) is 5.31 Å². The van der Waals surface area contributed by atoms with Gasteiger partial charge in [0, 0.05) is 0 Å². The van der Waals surface area contributed by atoms with Gasteiger partial charge in [-0.25, -0.2) is 0 Å². The van der Waals surface area contributed by atoms with Crippen molar-refractivity contribution >= 4 is 7.12 Å². The molecule has 0 unspecified atom stereocenters. The van der Waals surface area contributed by atoms with Crippen molar-refractivity contribution in [3.63, 3.8) is 0 Å². The Morgan fingerprint density at radius 1 is 1.33 bits per heavy atom. The predicted octanol–water partition coefficient (Wildman–Crippen LogP) is 1.04. The molecule has 0 amide bonds. The lowest BCUT2D eigenvalue weighted by molar-refractivity contribution is 0.342. The summed E-state index contributed by atoms with van der Waals surface area (Å²) in [7, 11) is -1.18. The van der Waals surface area contributed by atoms with E-state index in [-0.39, 0.29) is 5.31 Å². The second-order valence-corrected chi connectivity index (χ2v) is 3.11. The van der Waals surface area contributed by atoms with Crippen LogP contribution in [0.1, 0.15) is 33.6 Å². The largest absolute Gasteiger partial charge is 0.457 e. The molecule has 0 radical (unpaired) electrons. The highest BCUT2D eigenvalue weighted by Gasteiger charge is 2.30. The smallest absolute Gasteiger partial charge is 0.427 e. The van der Waals surface area contributed by atoms with Crippen molar-refractivity contribution in [2.24, 2.45) is 0 Å². The molecule has 0 aliphatic rings. The van der Waals surface area contributed by atoms with Crippen LogP contribution >= 0.6 is 0 Å². The molecule has 54 valence electrons. The van der Waals surface area contributed by atoms with E-state index < -0.39 is 7.12 Å². The third kappa shape index (κ3) is 2.87. The Balaban J connectivity index is 3.70. The van der Waals surface area contributed by atoms with Crippen LogP contribution in [-0.2, 0) is 0 Å². The molecule has 0 atom stereocenters. The molecule has 0 aromatic carbocycles. The predicted molar refractivity (Wildman–Crippen MR) is 39.1 cm³/mol. The third-order valence-electron chi connectivity index (χ3n) is 1.59. The first-order chi connectivity index (χ1) is 4.00. The number of hydrogen-bond donors (Lipinski definition) is 2. The van der Waals surface area contributed by atoms with Crippen molar-refractivity contribution in [3.05, 3.63) is 0 Å². The molecule has 9 heavy (non-hydrogen) atoms. The van der Waals surface area contributed by atoms with Gasteiger partial charge in [0.1, 0.15) is 0 Å². The summed E-state index contributed by atoms with van der Waals surface area (Å²) >= 11 is 0. The number of rotatable bonds is 3. The van der Waals surface area contributed by atoms with Gasteiger partial charge < -0.3 is 10.0 Å². The van der Waals surface area contributed by atoms with Gasteiger partial charge >= 0.3 is 7.12 Å². The monoisotopic (exact) mass is 130 g/mol. The fourth-order valence-electron chi connectivity index (χ4n) is 0.773. The van der Waals surface area contributed by atoms with Crippen LogP contribution in [0, 0.1) is 0 Å². The lowest BCUT2D eigenvalue weighted by atomic mass is 9.58. The Kier molecular flexibility index (Phi) is 3.22. The van der Waals surface area contributed by atoms with Crippen LogP contribution in [-0.4, -0.2) is 17.2 Å². The second-order valence-electron chi connectivity index (χ2n) is 3.11. The van der Waals surface area contributed by atoms with E-state index in [4.69, 9.17) is 10.0 Å². The minimum Gasteiger partial charge on any atom is -0.427 e. The fraction of sp³-hybridized carbons (Fsp3) is 1.00. The van der Waals surface area contributed by atoms with Crippen LogP contribution in [0.5, 0.6) is 0 Å². The standard InChI is InChI=1S/C6H15BO2/c1-4-5-6(2,3)7(8)9/h8-9H,4-5H2,1-3H3. The molecule has 0 saturated carbocycles. The topological polar surface area (TPSA) is 40.5 Å². The molecule has 0 saturated heterocycles. The first kappa shape index (κ1) is 8.98. The number of hydrogen-bond acceptors (Lipinski definition) is 2. The maximum atomic E-state index is 8.77. The Hall–Kier alpha value is -0.0151. The molecule has 3 heteroatoms. The Morgan fingerprint density at radius 3 is 1.89 bits per heavy atom. The Labute approximate surface area is 57.0 Å². The van der Waals surface area contributed by atoms with Crippen LogP contribution in [0.3, 0.4) is 0 Å². The van der Waals surface area contributed by atoms with Crippen molar-refractivity contribution in [2.45, 2.75) is 38.9 Å². The highest BCUT2D eigenvalue weighted by molar-refractivity contribution is 6.45. The van der Waals surface area contributed by atoms with Gasteiger partial charge in [0.2, 0.25) is 0 Å². The molecule has 0 rings (SSSR count). The van der Waals surface area contributed by atoms with Crippen LogP contribution in [0.25, 0.3) is 0 Å². The van der Waals surface area contributed by atoms with Gasteiger partial charge in [0.15, 0.2) is 0 Å². The van der Waals surface area contributed by atoms with Gasteiger partial charge in [-0.1, -0.05) is 27.2 Å². The molecule has 0 aromatic heterocycles. The van der Waals surface area contributed by atoms with E-state index in [2.05, 4.69) is 0 Å². The summed E-state index contributed by atoms with van der Waals surface area (Å²) in [5.74, 6) is 0. The summed E-state index contributed by atoms with van der Waals surface area (Å²) < 4.78 is 0. The Morgan fingerprint density at radius 2 is 1.78 bits per heavy atom. The minimum absolute atomic E-state index is 0.339. The van der Waals surface area contributed by atoms with E-state index in [9.17, 15) is 0 Å². The molecule has 0 aliphatic carbocycles. The maximum absolute atomic E-state index is 8.77. The van der Waals surface area contributed by atoms with Gasteiger partial charge in [-0.3, -0.25) is 0 Å². The lowest BCUT2D eigenvalue weighted by Crippen LogP contribution is -2.27. The molecule has 0 bridgehead atoms. The van der Waals surface area contributed by atoms with E-state index >= 15 is 0 Å². The summed E-state index contributed by atoms with van der Waals surface area (Å²) in [4.78, 5) is 0. The van der Waals surface area contributed by atoms with E-state index in [0.717, 1.165) is 12.8 Å². The molecular weight excluding hydrogens is 115 g/mol. The van der Waals surface area contributed by atoms with Crippen molar-refractivity contribution < 1.29 is 10.0 Å². The van der Waals surface area contributed by atoms with Gasteiger partial charge in [-0.15, -0.1) is 0 Å². The highest BCUT2D eigenvalue weighted by Crippen LogP contribution is 2.31. The summed E-state index contributed by atoms with van der Waals surface area (Å²) in [6.07, 6.45) is 1.84. The molecule has 0 heterocycles. The van der Waals surface area contributed by atoms with Gasteiger partial charge in [-0.05, 0) is 11.7 Å². The zero-order valence-electron chi connectivity index (χ0n) is 6.39. The molecule has 2 nitrogen and oxygen atoms in total. The average molecular weight is 130 g/mol. The van der Waals surface area contributed by atoms with Crippen molar-refractivity contribution in [1.82, 2.24) is 0 Å². The zero-order chi connectivity index (χ0) is 7.49. The molecule has 0 spiro atoms. The SMILES string of the molecule is CCCC(C)(C)B(O)O. The van der Waals surface area contributed by atoms with Crippen LogP contribution in [0.4, 0.5) is 0 Å². The van der Waals surface area contributed by atoms with E-state index in [1.54, 1.807) is 0 Å². The third-order valence-corrected chi connectivity index (χ3v) is 1.59. The first-order valence-corrected chi connectivity index (χ1v) is 3.37. The normalized spacial score (nSPS) is 11.7. The van der Waals surface area contributed by atoms with E-state index in [1.165, 1.54) is 0 Å². The Bertz CT molecular complexity index is 81.1. The minimum atomic E-state index is -1.18. The second kappa shape index (κ2) is 3.23. The van der Waals surface area contributed by atoms with Gasteiger partial charge in [0.25, 0.3) is 0 Å². The summed E-state index contributed by atoms with van der Waals surface area (Å²) in [6.45, 7) is 5.73. The van der Waals surface area contributed by atoms with Crippen molar-refractivity contribution in [1.29, 1.82) is 0 Å². The molecule has 0 aromatic rings. The van der Waals surface area contributed by atoms with E-state index in [1.807, 2.05) is 20.8 Å². The summed E-state index contributed by atoms with van der Waals surface area (Å²) in [5.41, 5.74) is 0. The first-order valence-electron chi connectivity index (χ1n) is 3.37. The van der Waals surface area contributed by atoms with Gasteiger partial charge in [-0.2, -0.15) is 0 Å². The zero-order valence-corrected chi connectivity index (χ0v) is 6.39. The lowest BCUT2D eigenvalue weighted by Gasteiger charge is -2.21. The van der Waals surface area contributed by atoms with Crippen LogP contribution in [0.15, 0.2) is 0 Å². The molecule has 2 N–H and O–H groups in total. The summed E-state index contributed by atoms with van der Waals surface area (Å²) in [6, 6.07) is 0. The highest BCUT2D eigenvalue weighted by atomic mass is 16.4. The van der Waals surface area contributed by atoms with Crippen molar-refractivity contribution in [2.75, 3.05) is 0 Å². The fourth-order valence-corrected chi connectivity index (χ4v) is 0.773. The maximum Gasteiger partial charge on any atom is 0.457 e. The molecular formula is C6H15BO2. The molecule has 0 aliphatic heterocycles. The quantitative estimate of drug-likeness (QED) is 0.560. The average Bonchev–Trinajstić information content (AvgIpc) is 1.65. The van der Waals surface area contributed by atoms with E-state index in [0.29, 0.717) is 0 Å². The van der Waals surface area contributed by atoms with Crippen molar-refractivity contribution in [3.8, 4) is 0 Å². The summed E-state index contributed by atoms with van der Waals surface area (Å²) in [5, 5.41) is 17.2.